The molecule has 4 aliphatic rings. The molecule has 0 saturated carbocycles. The molecule has 6 atom stereocenters. The maximum absolute atomic E-state index is 15.4. The molecule has 4 aliphatic heterocycles. The summed E-state index contributed by atoms with van der Waals surface area (Å²) in [6.45, 7) is 3.38. The molecule has 9 heteroatoms. The van der Waals surface area contributed by atoms with Crippen molar-refractivity contribution >= 4 is 0 Å². The van der Waals surface area contributed by atoms with Gasteiger partial charge in [-0.25, -0.2) is 9.07 Å². The number of aryl methyl sites for hydroxylation is 1. The lowest BCUT2D eigenvalue weighted by molar-refractivity contribution is -0.00936. The molecule has 8 nitrogen and oxygen atoms in total. The lowest BCUT2D eigenvalue weighted by Crippen LogP contribution is -2.54. The molecular weight excluding hydrogens is 447 g/mol. The Balaban J connectivity index is 1.41. The van der Waals surface area contributed by atoms with Gasteiger partial charge in [0, 0.05) is 62.3 Å². The van der Waals surface area contributed by atoms with Gasteiger partial charge in [-0.3, -0.25) is 4.90 Å². The standard InChI is InChI=1S/C26H37FN6O2/c1-32-24(26(34-2)30-31-32)17-14-21-22(29-15-17)19-7-5-11-28-25(19)33(21)23(16-9-12-35-13-10-16)18-6-3-4-8-20(18)27/h3-4,6,8,16-17,19,21-23,25,28-29H,5,7,9-15H2,1-2H3/t17?,19?,21?,22?,23-,25?/m0/s1. The molecule has 0 amide bonds. The van der Waals surface area contributed by atoms with E-state index in [1.165, 1.54) is 12.8 Å². The fraction of sp³-hybridized carbons (Fsp3) is 0.692. The van der Waals surface area contributed by atoms with Gasteiger partial charge in [-0.2, -0.15) is 0 Å². The van der Waals surface area contributed by atoms with Gasteiger partial charge in [-0.05, 0) is 50.6 Å². The molecule has 6 rings (SSSR count). The summed E-state index contributed by atoms with van der Waals surface area (Å²) in [4.78, 5) is 2.67. The highest BCUT2D eigenvalue weighted by Crippen LogP contribution is 2.49. The number of nitrogens with zero attached hydrogens (tertiary/aromatic N) is 4. The van der Waals surface area contributed by atoms with Crippen LogP contribution in [-0.2, 0) is 11.8 Å². The second kappa shape index (κ2) is 9.76. The number of aromatic nitrogens is 3. The van der Waals surface area contributed by atoms with Gasteiger partial charge in [0.05, 0.1) is 13.3 Å². The van der Waals surface area contributed by atoms with E-state index in [1.807, 2.05) is 23.9 Å². The number of likely N-dealkylation sites (tertiary alicyclic amines) is 1. The molecule has 0 radical (unpaired) electrons. The fourth-order valence-electron chi connectivity index (χ4n) is 7.41. The summed E-state index contributed by atoms with van der Waals surface area (Å²) in [5.74, 6) is 1.60. The molecule has 1 aromatic heterocycles. The normalized spacial score (nSPS) is 32.7. The summed E-state index contributed by atoms with van der Waals surface area (Å²) in [5, 5.41) is 16.2. The largest absolute Gasteiger partial charge is 0.479 e. The van der Waals surface area contributed by atoms with Crippen LogP contribution in [0.3, 0.4) is 0 Å². The van der Waals surface area contributed by atoms with Crippen LogP contribution >= 0.6 is 0 Å². The van der Waals surface area contributed by atoms with Gasteiger partial charge in [0.2, 0.25) is 0 Å². The molecule has 2 aromatic rings. The molecule has 5 heterocycles. The van der Waals surface area contributed by atoms with Crippen LogP contribution in [0.2, 0.25) is 0 Å². The first-order chi connectivity index (χ1) is 17.2. The Morgan fingerprint density at radius 1 is 1.17 bits per heavy atom. The van der Waals surface area contributed by atoms with E-state index in [0.29, 0.717) is 23.8 Å². The van der Waals surface area contributed by atoms with Crippen LogP contribution < -0.4 is 15.4 Å². The van der Waals surface area contributed by atoms with Crippen molar-refractivity contribution < 1.29 is 13.9 Å². The maximum atomic E-state index is 15.4. The molecule has 5 unspecified atom stereocenters. The van der Waals surface area contributed by atoms with Crippen molar-refractivity contribution in [3.8, 4) is 5.88 Å². The van der Waals surface area contributed by atoms with Gasteiger partial charge < -0.3 is 20.1 Å². The van der Waals surface area contributed by atoms with Crippen molar-refractivity contribution in [2.24, 2.45) is 18.9 Å². The van der Waals surface area contributed by atoms with E-state index in [-0.39, 0.29) is 30.0 Å². The molecule has 2 N–H and O–H groups in total. The molecule has 35 heavy (non-hydrogen) atoms. The zero-order chi connectivity index (χ0) is 23.9. The van der Waals surface area contributed by atoms with Crippen LogP contribution in [0.4, 0.5) is 4.39 Å². The Kier molecular flexibility index (Phi) is 6.51. The van der Waals surface area contributed by atoms with E-state index in [2.05, 4.69) is 25.8 Å². The lowest BCUT2D eigenvalue weighted by atomic mass is 9.81. The predicted molar refractivity (Wildman–Crippen MR) is 130 cm³/mol. The monoisotopic (exact) mass is 484 g/mol. The SMILES string of the molecule is COc1nnn(C)c1C1CNC2C3CCCNC3N([C@H](c3ccccc3F)C3CCOCC3)C2C1. The third kappa shape index (κ3) is 4.06. The van der Waals surface area contributed by atoms with E-state index in [4.69, 9.17) is 9.47 Å². The number of rotatable bonds is 5. The van der Waals surface area contributed by atoms with E-state index in [1.54, 1.807) is 19.2 Å². The number of benzene rings is 1. The van der Waals surface area contributed by atoms with Crippen molar-refractivity contribution in [1.82, 2.24) is 30.5 Å². The Morgan fingerprint density at radius 2 is 2.00 bits per heavy atom. The van der Waals surface area contributed by atoms with Gasteiger partial charge in [-0.15, -0.1) is 0 Å². The average Bonchev–Trinajstić information content (AvgIpc) is 3.43. The van der Waals surface area contributed by atoms with E-state index >= 15 is 4.39 Å². The summed E-state index contributed by atoms with van der Waals surface area (Å²) in [7, 11) is 3.60. The number of hydrogen-bond donors (Lipinski definition) is 2. The van der Waals surface area contributed by atoms with Crippen molar-refractivity contribution in [1.29, 1.82) is 0 Å². The predicted octanol–water partition coefficient (Wildman–Crippen LogP) is 2.59. The van der Waals surface area contributed by atoms with Gasteiger partial charge in [0.1, 0.15) is 11.5 Å². The number of halogens is 1. The summed E-state index contributed by atoms with van der Waals surface area (Å²) < 4.78 is 28.6. The summed E-state index contributed by atoms with van der Waals surface area (Å²) in [6.07, 6.45) is 5.51. The molecule has 190 valence electrons. The minimum atomic E-state index is -0.0994. The third-order valence-corrected chi connectivity index (χ3v) is 8.85. The van der Waals surface area contributed by atoms with Gasteiger partial charge in [-0.1, -0.05) is 28.5 Å². The molecule has 1 aromatic carbocycles. The van der Waals surface area contributed by atoms with Crippen LogP contribution in [0.5, 0.6) is 5.88 Å². The van der Waals surface area contributed by atoms with Crippen LogP contribution in [0.15, 0.2) is 24.3 Å². The first-order valence-corrected chi connectivity index (χ1v) is 13.2. The average molecular weight is 485 g/mol. The number of hydrogen-bond acceptors (Lipinski definition) is 7. The van der Waals surface area contributed by atoms with Gasteiger partial charge >= 0.3 is 0 Å². The highest BCUT2D eigenvalue weighted by Gasteiger charge is 2.55. The molecule has 4 saturated heterocycles. The summed E-state index contributed by atoms with van der Waals surface area (Å²) in [6, 6.07) is 8.08. The number of nitrogens with one attached hydrogen (secondary N) is 2. The number of fused-ring (bicyclic) bond motifs is 3. The molecular formula is C26H37FN6O2. The molecule has 0 spiro atoms. The highest BCUT2D eigenvalue weighted by molar-refractivity contribution is 5.27. The van der Waals surface area contributed by atoms with Crippen molar-refractivity contribution in [3.05, 3.63) is 41.3 Å². The quantitative estimate of drug-likeness (QED) is 0.676. The number of methoxy groups -OCH3 is 1. The third-order valence-electron chi connectivity index (χ3n) is 8.85. The Hall–Kier alpha value is -2.07. The summed E-state index contributed by atoms with van der Waals surface area (Å²) in [5.41, 5.74) is 1.86. The molecule has 0 aliphatic carbocycles. The summed E-state index contributed by atoms with van der Waals surface area (Å²) >= 11 is 0. The van der Waals surface area contributed by atoms with Gasteiger partial charge in [0.15, 0.2) is 0 Å². The van der Waals surface area contributed by atoms with E-state index in [0.717, 1.165) is 56.8 Å². The zero-order valence-electron chi connectivity index (χ0n) is 20.7. The molecule has 0 bridgehead atoms. The second-order valence-electron chi connectivity index (χ2n) is 10.6. The van der Waals surface area contributed by atoms with Crippen LogP contribution in [0.1, 0.15) is 55.3 Å². The van der Waals surface area contributed by atoms with Gasteiger partial charge in [0.25, 0.3) is 5.88 Å². The second-order valence-corrected chi connectivity index (χ2v) is 10.6. The van der Waals surface area contributed by atoms with E-state index < -0.39 is 0 Å². The maximum Gasteiger partial charge on any atom is 0.256 e. The number of ether oxygens (including phenoxy) is 2. The molecule has 4 fully saturated rings. The van der Waals surface area contributed by atoms with Crippen molar-refractivity contribution in [2.45, 2.75) is 62.3 Å². The minimum absolute atomic E-state index is 0.0142. The topological polar surface area (TPSA) is 76.5 Å². The Morgan fingerprint density at radius 3 is 2.80 bits per heavy atom. The Bertz CT molecular complexity index is 1030. The van der Waals surface area contributed by atoms with Crippen molar-refractivity contribution in [2.75, 3.05) is 33.4 Å². The minimum Gasteiger partial charge on any atom is -0.479 e. The first kappa shape index (κ1) is 23.3. The first-order valence-electron chi connectivity index (χ1n) is 13.2. The lowest BCUT2D eigenvalue weighted by Gasteiger charge is -2.46. The fourth-order valence-corrected chi connectivity index (χ4v) is 7.41. The van der Waals surface area contributed by atoms with Crippen molar-refractivity contribution in [3.63, 3.8) is 0 Å². The smallest absolute Gasteiger partial charge is 0.256 e. The Labute approximate surface area is 206 Å². The van der Waals surface area contributed by atoms with Crippen LogP contribution in [0.25, 0.3) is 0 Å². The number of piperidine rings is 2. The highest BCUT2D eigenvalue weighted by atomic mass is 19.1. The zero-order valence-corrected chi connectivity index (χ0v) is 20.7. The van der Waals surface area contributed by atoms with Crippen LogP contribution in [-0.4, -0.2) is 71.6 Å². The van der Waals surface area contributed by atoms with E-state index in [9.17, 15) is 0 Å². The van der Waals surface area contributed by atoms with Crippen LogP contribution in [0, 0.1) is 17.7 Å².